The van der Waals surface area contributed by atoms with E-state index in [4.69, 9.17) is 4.74 Å². The molecular weight excluding hydrogens is 493 g/mol. The van der Waals surface area contributed by atoms with Gasteiger partial charge in [-0.1, -0.05) is 62.7 Å². The molecule has 0 radical (unpaired) electrons. The van der Waals surface area contributed by atoms with E-state index < -0.39 is 12.0 Å². The van der Waals surface area contributed by atoms with Crippen molar-refractivity contribution in [2.45, 2.75) is 45.2 Å². The van der Waals surface area contributed by atoms with E-state index in [9.17, 15) is 14.0 Å². The molecule has 206 valence electrons. The maximum atomic E-state index is 14.0. The number of unbranched alkanes of at least 4 members (excludes halogenated alkanes) is 1. The summed E-state index contributed by atoms with van der Waals surface area (Å²) in [6.07, 6.45) is 2.25. The molecule has 0 spiro atoms. The summed E-state index contributed by atoms with van der Waals surface area (Å²) in [5.74, 6) is -0.529. The van der Waals surface area contributed by atoms with Crippen LogP contribution in [0.5, 0.6) is 5.75 Å². The molecule has 6 nitrogen and oxygen atoms in total. The molecule has 3 aromatic carbocycles. The minimum Gasteiger partial charge on any atom is -0.497 e. The number of fused-ring (bicyclic) bond motifs is 1. The lowest BCUT2D eigenvalue weighted by atomic mass is 9.79. The summed E-state index contributed by atoms with van der Waals surface area (Å²) in [5, 5.41) is 3.17. The van der Waals surface area contributed by atoms with Crippen LogP contribution >= 0.6 is 0 Å². The first-order valence-corrected chi connectivity index (χ1v) is 13.7. The summed E-state index contributed by atoms with van der Waals surface area (Å²) in [5.41, 5.74) is 2.85. The number of likely N-dealkylation sites (N-methyl/N-ethyl adjacent to an activating group) is 1. The molecule has 1 heterocycles. The predicted octanol–water partition coefficient (Wildman–Crippen LogP) is 5.55. The molecule has 1 N–H and O–H groups in total. The van der Waals surface area contributed by atoms with Crippen molar-refractivity contribution in [3.8, 4) is 5.75 Å². The van der Waals surface area contributed by atoms with E-state index in [-0.39, 0.29) is 24.2 Å². The van der Waals surface area contributed by atoms with Gasteiger partial charge >= 0.3 is 0 Å². The third kappa shape index (κ3) is 6.66. The van der Waals surface area contributed by atoms with E-state index in [0.717, 1.165) is 49.2 Å². The van der Waals surface area contributed by atoms with Crippen LogP contribution in [-0.2, 0) is 11.3 Å². The number of methoxy groups -OCH3 is 1. The molecule has 1 aliphatic rings. The van der Waals surface area contributed by atoms with Gasteiger partial charge in [-0.15, -0.1) is 0 Å². The minimum absolute atomic E-state index is 0.119. The second-order valence-electron chi connectivity index (χ2n) is 9.92. The van der Waals surface area contributed by atoms with Crippen LogP contribution in [-0.4, -0.2) is 54.9 Å². The van der Waals surface area contributed by atoms with Gasteiger partial charge in [0.1, 0.15) is 11.6 Å². The number of benzene rings is 3. The average Bonchev–Trinajstić information content (AvgIpc) is 2.97. The Morgan fingerprint density at radius 3 is 2.38 bits per heavy atom. The van der Waals surface area contributed by atoms with Gasteiger partial charge in [0.2, 0.25) is 5.91 Å². The van der Waals surface area contributed by atoms with Gasteiger partial charge in [0.25, 0.3) is 5.91 Å². The van der Waals surface area contributed by atoms with Gasteiger partial charge in [-0.05, 0) is 66.5 Å². The van der Waals surface area contributed by atoms with Gasteiger partial charge in [0.15, 0.2) is 0 Å². The summed E-state index contributed by atoms with van der Waals surface area (Å²) in [6, 6.07) is 20.5. The van der Waals surface area contributed by atoms with E-state index >= 15 is 0 Å². The van der Waals surface area contributed by atoms with Gasteiger partial charge in [0.05, 0.1) is 19.1 Å². The van der Waals surface area contributed by atoms with Crippen molar-refractivity contribution in [1.29, 1.82) is 0 Å². The number of halogens is 1. The summed E-state index contributed by atoms with van der Waals surface area (Å²) >= 11 is 0. The van der Waals surface area contributed by atoms with Gasteiger partial charge in [-0.2, -0.15) is 0 Å². The highest BCUT2D eigenvalue weighted by atomic mass is 19.1. The second kappa shape index (κ2) is 13.4. The SMILES string of the molecule is CCCCN(CC)CCNC(=O)[C@@H]1c2ccccc2C(=O)N(Cc2ccc(F)cc2)[C@@H]1c1ccc(OC)cc1. The van der Waals surface area contributed by atoms with Crippen LogP contribution in [0.1, 0.15) is 65.7 Å². The molecule has 2 atom stereocenters. The lowest BCUT2D eigenvalue weighted by Gasteiger charge is -2.42. The highest BCUT2D eigenvalue weighted by Gasteiger charge is 2.44. The monoisotopic (exact) mass is 531 g/mol. The normalized spacial score (nSPS) is 16.7. The van der Waals surface area contributed by atoms with Gasteiger partial charge in [-0.3, -0.25) is 9.59 Å². The molecule has 0 saturated carbocycles. The molecule has 1 aliphatic heterocycles. The molecule has 2 amide bonds. The Kier molecular flexibility index (Phi) is 9.71. The Morgan fingerprint density at radius 1 is 1.00 bits per heavy atom. The van der Waals surface area contributed by atoms with Crippen molar-refractivity contribution in [1.82, 2.24) is 15.1 Å². The number of carbonyl (C=O) groups is 2. The topological polar surface area (TPSA) is 61.9 Å². The van der Waals surface area contributed by atoms with Gasteiger partial charge < -0.3 is 19.9 Å². The smallest absolute Gasteiger partial charge is 0.255 e. The Hall–Kier alpha value is -3.71. The molecule has 0 bridgehead atoms. The first-order chi connectivity index (χ1) is 19.0. The molecule has 39 heavy (non-hydrogen) atoms. The number of amides is 2. The summed E-state index contributed by atoms with van der Waals surface area (Å²) in [7, 11) is 1.60. The van der Waals surface area contributed by atoms with Crippen molar-refractivity contribution in [2.75, 3.05) is 33.3 Å². The van der Waals surface area contributed by atoms with Gasteiger partial charge in [-0.25, -0.2) is 4.39 Å². The average molecular weight is 532 g/mol. The predicted molar refractivity (Wildman–Crippen MR) is 151 cm³/mol. The van der Waals surface area contributed by atoms with E-state index in [0.29, 0.717) is 17.9 Å². The molecule has 3 aromatic rings. The van der Waals surface area contributed by atoms with Crippen molar-refractivity contribution in [3.63, 3.8) is 0 Å². The highest BCUT2D eigenvalue weighted by Crippen LogP contribution is 2.44. The Bertz CT molecular complexity index is 1250. The van der Waals surface area contributed by atoms with Crippen molar-refractivity contribution < 1.29 is 18.7 Å². The zero-order valence-electron chi connectivity index (χ0n) is 23.0. The van der Waals surface area contributed by atoms with Crippen molar-refractivity contribution in [2.24, 2.45) is 0 Å². The number of nitrogens with one attached hydrogen (secondary N) is 1. The van der Waals surface area contributed by atoms with E-state index in [2.05, 4.69) is 24.1 Å². The fourth-order valence-corrected chi connectivity index (χ4v) is 5.27. The lowest BCUT2D eigenvalue weighted by molar-refractivity contribution is -0.124. The van der Waals surface area contributed by atoms with Crippen LogP contribution in [0.2, 0.25) is 0 Å². The molecular formula is C32H38FN3O3. The van der Waals surface area contributed by atoms with Crippen molar-refractivity contribution in [3.05, 3.63) is 101 Å². The first-order valence-electron chi connectivity index (χ1n) is 13.7. The van der Waals surface area contributed by atoms with Crippen LogP contribution in [0, 0.1) is 5.82 Å². The number of hydrogen-bond donors (Lipinski definition) is 1. The maximum Gasteiger partial charge on any atom is 0.255 e. The Morgan fingerprint density at radius 2 is 1.72 bits per heavy atom. The molecule has 0 aliphatic carbocycles. The fraction of sp³-hybridized carbons (Fsp3) is 0.375. The Labute approximate surface area is 230 Å². The molecule has 7 heteroatoms. The summed E-state index contributed by atoms with van der Waals surface area (Å²) < 4.78 is 19.0. The Balaban J connectivity index is 1.70. The minimum atomic E-state index is -0.613. The molecule has 0 unspecified atom stereocenters. The van der Waals surface area contributed by atoms with Crippen LogP contribution in [0.25, 0.3) is 0 Å². The lowest BCUT2D eigenvalue weighted by Crippen LogP contribution is -2.48. The second-order valence-corrected chi connectivity index (χ2v) is 9.92. The van der Waals surface area contributed by atoms with E-state index in [1.807, 2.05) is 42.5 Å². The zero-order chi connectivity index (χ0) is 27.8. The quantitative estimate of drug-likeness (QED) is 0.333. The summed E-state index contributed by atoms with van der Waals surface area (Å²) in [4.78, 5) is 31.9. The summed E-state index contributed by atoms with van der Waals surface area (Å²) in [6.45, 7) is 7.77. The largest absolute Gasteiger partial charge is 0.497 e. The number of rotatable bonds is 12. The van der Waals surface area contributed by atoms with Crippen molar-refractivity contribution >= 4 is 11.8 Å². The molecule has 0 saturated heterocycles. The van der Waals surface area contributed by atoms with E-state index in [1.54, 1.807) is 30.2 Å². The van der Waals surface area contributed by atoms with E-state index in [1.165, 1.54) is 12.1 Å². The van der Waals surface area contributed by atoms with Gasteiger partial charge in [0, 0.05) is 25.2 Å². The number of carbonyl (C=O) groups excluding carboxylic acids is 2. The highest BCUT2D eigenvalue weighted by molar-refractivity contribution is 6.01. The number of nitrogens with zero attached hydrogens (tertiary/aromatic N) is 2. The van der Waals surface area contributed by atoms with Crippen LogP contribution in [0.15, 0.2) is 72.8 Å². The molecule has 0 aromatic heterocycles. The van der Waals surface area contributed by atoms with Crippen LogP contribution < -0.4 is 10.1 Å². The molecule has 0 fully saturated rings. The third-order valence-corrected chi connectivity index (χ3v) is 7.45. The van der Waals surface area contributed by atoms with Crippen LogP contribution in [0.4, 0.5) is 4.39 Å². The zero-order valence-corrected chi connectivity index (χ0v) is 23.0. The maximum absolute atomic E-state index is 14.0. The number of hydrogen-bond acceptors (Lipinski definition) is 4. The first kappa shape index (κ1) is 28.3. The van der Waals surface area contributed by atoms with Crippen LogP contribution in [0.3, 0.4) is 0 Å². The third-order valence-electron chi connectivity index (χ3n) is 7.45. The molecule has 4 rings (SSSR count). The number of ether oxygens (including phenoxy) is 1. The standard InChI is InChI=1S/C32H38FN3O3/c1-4-6-20-35(5-2)21-19-34-31(37)29-27-9-7-8-10-28(27)32(38)36(22-23-11-15-25(33)16-12-23)30(29)24-13-17-26(39-3)18-14-24/h7-18,29-30H,4-6,19-22H2,1-3H3,(H,34,37)/t29-,30-/m1/s1. The fourth-order valence-electron chi connectivity index (χ4n) is 5.27.